The Morgan fingerprint density at radius 3 is 2.74 bits per heavy atom. The Morgan fingerprint density at radius 2 is 2.04 bits per heavy atom. The Morgan fingerprint density at radius 1 is 1.26 bits per heavy atom. The topological polar surface area (TPSA) is 76.0 Å². The van der Waals surface area contributed by atoms with Gasteiger partial charge in [0.05, 0.1) is 4.88 Å². The summed E-state index contributed by atoms with van der Waals surface area (Å²) in [5, 5.41) is 11.9. The van der Waals surface area contributed by atoms with Crippen LogP contribution >= 0.6 is 11.3 Å². The summed E-state index contributed by atoms with van der Waals surface area (Å²) >= 11 is 1.37. The van der Waals surface area contributed by atoms with Gasteiger partial charge in [0, 0.05) is 19.2 Å². The molecule has 1 saturated carbocycles. The monoisotopic (exact) mass is 332 g/mol. The van der Waals surface area contributed by atoms with Crippen LogP contribution in [0, 0.1) is 0 Å². The van der Waals surface area contributed by atoms with E-state index in [1.807, 2.05) is 11.4 Å². The molecule has 0 aromatic carbocycles. The zero-order valence-corrected chi connectivity index (χ0v) is 13.9. The van der Waals surface area contributed by atoms with E-state index in [1.165, 1.54) is 22.4 Å². The van der Waals surface area contributed by atoms with Crippen molar-refractivity contribution in [3.63, 3.8) is 0 Å². The van der Waals surface area contributed by atoms with E-state index in [2.05, 4.69) is 15.7 Å². The molecule has 2 amide bonds. The van der Waals surface area contributed by atoms with E-state index in [0.717, 1.165) is 25.7 Å². The van der Waals surface area contributed by atoms with Crippen LogP contribution in [-0.2, 0) is 7.05 Å². The molecule has 1 aliphatic rings. The van der Waals surface area contributed by atoms with Crippen LogP contribution in [0.15, 0.2) is 23.6 Å². The lowest BCUT2D eigenvalue weighted by atomic mass is 9.95. The number of rotatable bonds is 4. The lowest BCUT2D eigenvalue weighted by Crippen LogP contribution is -2.36. The molecule has 0 atom stereocenters. The first-order valence-electron chi connectivity index (χ1n) is 7.83. The minimum absolute atomic E-state index is 0.177. The number of amides is 2. The molecule has 1 fully saturated rings. The van der Waals surface area contributed by atoms with Crippen molar-refractivity contribution in [1.29, 1.82) is 0 Å². The van der Waals surface area contributed by atoms with Crippen LogP contribution in [0.5, 0.6) is 0 Å². The molecule has 2 aromatic rings. The lowest BCUT2D eigenvalue weighted by Gasteiger charge is -2.22. The van der Waals surface area contributed by atoms with E-state index in [0.29, 0.717) is 16.4 Å². The molecule has 0 bridgehead atoms. The SMILES string of the molecule is Cn1nc(C(=O)NC2CCCCC2)cc1NC(=O)c1cccs1. The van der Waals surface area contributed by atoms with E-state index in [9.17, 15) is 9.59 Å². The number of thiophene rings is 1. The minimum atomic E-state index is -0.192. The maximum Gasteiger partial charge on any atom is 0.272 e. The van der Waals surface area contributed by atoms with Crippen LogP contribution in [0.2, 0.25) is 0 Å². The van der Waals surface area contributed by atoms with Gasteiger partial charge < -0.3 is 10.6 Å². The number of hydrogen-bond acceptors (Lipinski definition) is 4. The Labute approximate surface area is 138 Å². The van der Waals surface area contributed by atoms with E-state index in [-0.39, 0.29) is 17.9 Å². The second-order valence-corrected chi connectivity index (χ2v) is 6.73. The molecule has 0 radical (unpaired) electrons. The zero-order chi connectivity index (χ0) is 16.2. The smallest absolute Gasteiger partial charge is 0.272 e. The number of carbonyl (C=O) groups excluding carboxylic acids is 2. The summed E-state index contributed by atoms with van der Waals surface area (Å²) in [6.07, 6.45) is 5.63. The highest BCUT2D eigenvalue weighted by Crippen LogP contribution is 2.18. The molecule has 2 N–H and O–H groups in total. The molecule has 0 spiro atoms. The fourth-order valence-electron chi connectivity index (χ4n) is 2.79. The summed E-state index contributed by atoms with van der Waals surface area (Å²) in [4.78, 5) is 25.0. The number of anilines is 1. The predicted octanol–water partition coefficient (Wildman–Crippen LogP) is 2.80. The van der Waals surface area contributed by atoms with Crippen LogP contribution < -0.4 is 10.6 Å². The summed E-state index contributed by atoms with van der Waals surface area (Å²) in [7, 11) is 1.71. The first kappa shape index (κ1) is 15.7. The third-order valence-corrected chi connectivity index (χ3v) is 4.91. The molecule has 0 saturated heterocycles. The molecule has 2 aromatic heterocycles. The van der Waals surface area contributed by atoms with Gasteiger partial charge >= 0.3 is 0 Å². The molecule has 122 valence electrons. The molecule has 7 heteroatoms. The van der Waals surface area contributed by atoms with Gasteiger partial charge in [-0.05, 0) is 24.3 Å². The van der Waals surface area contributed by atoms with Crippen molar-refractivity contribution in [2.75, 3.05) is 5.32 Å². The molecule has 23 heavy (non-hydrogen) atoms. The molecule has 6 nitrogen and oxygen atoms in total. The Kier molecular flexibility index (Phi) is 4.76. The molecule has 0 aliphatic heterocycles. The molecule has 3 rings (SSSR count). The summed E-state index contributed by atoms with van der Waals surface area (Å²) < 4.78 is 1.52. The average Bonchev–Trinajstić information content (AvgIpc) is 3.19. The quantitative estimate of drug-likeness (QED) is 0.904. The van der Waals surface area contributed by atoms with Crippen LogP contribution in [0.4, 0.5) is 5.82 Å². The van der Waals surface area contributed by atoms with E-state index in [4.69, 9.17) is 0 Å². The van der Waals surface area contributed by atoms with Crippen molar-refractivity contribution in [1.82, 2.24) is 15.1 Å². The minimum Gasteiger partial charge on any atom is -0.348 e. The van der Waals surface area contributed by atoms with Gasteiger partial charge in [0.1, 0.15) is 5.82 Å². The van der Waals surface area contributed by atoms with Gasteiger partial charge in [0.15, 0.2) is 5.69 Å². The number of nitrogens with one attached hydrogen (secondary N) is 2. The molecule has 0 unspecified atom stereocenters. The number of aromatic nitrogens is 2. The maximum absolute atomic E-state index is 12.3. The number of aryl methyl sites for hydroxylation is 1. The van der Waals surface area contributed by atoms with Crippen molar-refractivity contribution in [2.45, 2.75) is 38.1 Å². The summed E-state index contributed by atoms with van der Waals surface area (Å²) in [6.45, 7) is 0. The Hall–Kier alpha value is -2.15. The second-order valence-electron chi connectivity index (χ2n) is 5.78. The van der Waals surface area contributed by atoms with Gasteiger partial charge in [0.2, 0.25) is 0 Å². The molecule has 2 heterocycles. The maximum atomic E-state index is 12.3. The van der Waals surface area contributed by atoms with E-state index >= 15 is 0 Å². The summed E-state index contributed by atoms with van der Waals surface area (Å²) in [6, 6.07) is 5.44. The van der Waals surface area contributed by atoms with Crippen molar-refractivity contribution in [3.8, 4) is 0 Å². The van der Waals surface area contributed by atoms with Crippen molar-refractivity contribution >= 4 is 29.0 Å². The molecular weight excluding hydrogens is 312 g/mol. The van der Waals surface area contributed by atoms with Gasteiger partial charge in [-0.1, -0.05) is 25.3 Å². The first-order valence-corrected chi connectivity index (χ1v) is 8.71. The van der Waals surface area contributed by atoms with Crippen LogP contribution in [0.25, 0.3) is 0 Å². The van der Waals surface area contributed by atoms with Crippen LogP contribution in [0.1, 0.15) is 52.3 Å². The normalized spacial score (nSPS) is 15.3. The van der Waals surface area contributed by atoms with Crippen LogP contribution in [-0.4, -0.2) is 27.6 Å². The number of carbonyl (C=O) groups is 2. The van der Waals surface area contributed by atoms with Gasteiger partial charge in [-0.25, -0.2) is 0 Å². The highest BCUT2D eigenvalue weighted by atomic mass is 32.1. The first-order chi connectivity index (χ1) is 11.1. The Balaban J connectivity index is 1.65. The Bertz CT molecular complexity index is 687. The third kappa shape index (κ3) is 3.79. The van der Waals surface area contributed by atoms with Gasteiger partial charge in [-0.2, -0.15) is 5.10 Å². The van der Waals surface area contributed by atoms with Crippen molar-refractivity contribution in [2.24, 2.45) is 7.05 Å². The second kappa shape index (κ2) is 6.95. The number of hydrogen-bond donors (Lipinski definition) is 2. The number of nitrogens with zero attached hydrogens (tertiary/aromatic N) is 2. The van der Waals surface area contributed by atoms with Gasteiger partial charge in [-0.3, -0.25) is 14.3 Å². The fourth-order valence-corrected chi connectivity index (χ4v) is 3.41. The standard InChI is InChI=1S/C16H20N4O2S/c1-20-14(18-16(22)13-8-5-9-23-13)10-12(19-20)15(21)17-11-6-3-2-4-7-11/h5,8-11H,2-4,6-7H2,1H3,(H,17,21)(H,18,22). The van der Waals surface area contributed by atoms with Crippen molar-refractivity contribution < 1.29 is 9.59 Å². The molecule has 1 aliphatic carbocycles. The zero-order valence-electron chi connectivity index (χ0n) is 13.0. The van der Waals surface area contributed by atoms with E-state index < -0.39 is 0 Å². The highest BCUT2D eigenvalue weighted by Gasteiger charge is 2.20. The summed E-state index contributed by atoms with van der Waals surface area (Å²) in [5.41, 5.74) is 0.333. The molecular formula is C16H20N4O2S. The lowest BCUT2D eigenvalue weighted by molar-refractivity contribution is 0.0921. The van der Waals surface area contributed by atoms with Gasteiger partial charge in [0.25, 0.3) is 11.8 Å². The van der Waals surface area contributed by atoms with Crippen molar-refractivity contribution in [3.05, 3.63) is 34.2 Å². The summed E-state index contributed by atoms with van der Waals surface area (Å²) in [5.74, 6) is 0.142. The van der Waals surface area contributed by atoms with Crippen LogP contribution in [0.3, 0.4) is 0 Å². The van der Waals surface area contributed by atoms with E-state index in [1.54, 1.807) is 19.2 Å². The largest absolute Gasteiger partial charge is 0.348 e. The third-order valence-electron chi connectivity index (χ3n) is 4.04. The highest BCUT2D eigenvalue weighted by molar-refractivity contribution is 7.12. The fraction of sp³-hybridized carbons (Fsp3) is 0.438. The average molecular weight is 332 g/mol. The van der Waals surface area contributed by atoms with Gasteiger partial charge in [-0.15, -0.1) is 11.3 Å². The predicted molar refractivity (Wildman–Crippen MR) is 89.8 cm³/mol.